The van der Waals surface area contributed by atoms with Crippen LogP contribution in [0.3, 0.4) is 0 Å². The molecule has 0 aliphatic heterocycles. The lowest BCUT2D eigenvalue weighted by atomic mass is 10.2. The third-order valence-corrected chi connectivity index (χ3v) is 4.70. The summed E-state index contributed by atoms with van der Waals surface area (Å²) in [6, 6.07) is 6.58. The highest BCUT2D eigenvalue weighted by molar-refractivity contribution is 7.89. The molecule has 0 aliphatic rings. The summed E-state index contributed by atoms with van der Waals surface area (Å²) in [5, 5.41) is 8.81. The lowest BCUT2D eigenvalue weighted by Gasteiger charge is -2.19. The van der Waals surface area contributed by atoms with E-state index in [1.54, 1.807) is 23.1 Å². The molecule has 0 atom stereocenters. The molecule has 112 valence electrons. The average Bonchev–Trinajstić information content (AvgIpc) is 2.37. The number of rotatable bonds is 7. The molecule has 0 fully saturated rings. The molecule has 0 amide bonds. The van der Waals surface area contributed by atoms with Gasteiger partial charge < -0.3 is 5.11 Å². The van der Waals surface area contributed by atoms with Crippen LogP contribution in [0.4, 0.5) is 0 Å². The summed E-state index contributed by atoms with van der Waals surface area (Å²) in [6.45, 7) is 2.78. The van der Waals surface area contributed by atoms with Crippen LogP contribution in [0.15, 0.2) is 29.2 Å². The molecule has 0 aromatic heterocycles. The molecule has 1 rings (SSSR count). The van der Waals surface area contributed by atoms with Crippen LogP contribution in [-0.4, -0.2) is 55.9 Å². The maximum Gasteiger partial charge on any atom is 0.317 e. The SMILES string of the molecule is CCN(CC(=O)O)Cc1cccc(S(=O)(=O)N(C)C)c1. The van der Waals surface area contributed by atoms with Gasteiger partial charge in [-0.2, -0.15) is 0 Å². The molecule has 0 radical (unpaired) electrons. The van der Waals surface area contributed by atoms with Crippen LogP contribution in [0.1, 0.15) is 12.5 Å². The zero-order valence-corrected chi connectivity index (χ0v) is 12.7. The Morgan fingerprint density at radius 2 is 1.95 bits per heavy atom. The Kier molecular flexibility index (Phi) is 5.67. The van der Waals surface area contributed by atoms with Gasteiger partial charge in [-0.15, -0.1) is 0 Å². The first-order chi connectivity index (χ1) is 9.27. The van der Waals surface area contributed by atoms with E-state index >= 15 is 0 Å². The first-order valence-corrected chi connectivity index (χ1v) is 7.67. The Bertz CT molecular complexity index is 569. The van der Waals surface area contributed by atoms with Crippen LogP contribution >= 0.6 is 0 Å². The topological polar surface area (TPSA) is 77.9 Å². The van der Waals surface area contributed by atoms with Gasteiger partial charge in [0.15, 0.2) is 0 Å². The Hall–Kier alpha value is -1.44. The number of carbonyl (C=O) groups is 1. The molecule has 1 aromatic rings. The predicted octanol–water partition coefficient (Wildman–Crippen LogP) is 0.843. The van der Waals surface area contributed by atoms with Gasteiger partial charge in [0, 0.05) is 20.6 Å². The van der Waals surface area contributed by atoms with Crippen LogP contribution in [0, 0.1) is 0 Å². The minimum absolute atomic E-state index is 0.0683. The van der Waals surface area contributed by atoms with Crippen molar-refractivity contribution >= 4 is 16.0 Å². The zero-order chi connectivity index (χ0) is 15.3. The number of sulfonamides is 1. The van der Waals surface area contributed by atoms with Crippen molar-refractivity contribution in [2.24, 2.45) is 0 Å². The molecule has 0 heterocycles. The molecular formula is C13H20N2O4S. The molecule has 0 bridgehead atoms. The number of benzene rings is 1. The van der Waals surface area contributed by atoms with Gasteiger partial charge in [-0.3, -0.25) is 9.69 Å². The van der Waals surface area contributed by atoms with Crippen molar-refractivity contribution in [3.8, 4) is 0 Å². The lowest BCUT2D eigenvalue weighted by Crippen LogP contribution is -2.29. The van der Waals surface area contributed by atoms with E-state index in [1.165, 1.54) is 20.2 Å². The van der Waals surface area contributed by atoms with Gasteiger partial charge in [-0.25, -0.2) is 12.7 Å². The quantitative estimate of drug-likeness (QED) is 0.807. The van der Waals surface area contributed by atoms with Crippen molar-refractivity contribution in [1.29, 1.82) is 0 Å². The molecule has 1 aromatic carbocycles. The first kappa shape index (κ1) is 16.6. The molecule has 0 saturated carbocycles. The Morgan fingerprint density at radius 1 is 1.30 bits per heavy atom. The molecule has 0 saturated heterocycles. The number of hydrogen-bond donors (Lipinski definition) is 1. The minimum atomic E-state index is -3.47. The van der Waals surface area contributed by atoms with Gasteiger partial charge in [0.25, 0.3) is 0 Å². The zero-order valence-electron chi connectivity index (χ0n) is 11.9. The molecule has 6 nitrogen and oxygen atoms in total. The molecule has 0 aliphatic carbocycles. The van der Waals surface area contributed by atoms with E-state index in [0.29, 0.717) is 13.1 Å². The van der Waals surface area contributed by atoms with Crippen molar-refractivity contribution in [2.75, 3.05) is 27.2 Å². The summed E-state index contributed by atoms with van der Waals surface area (Å²) in [6.07, 6.45) is 0. The Morgan fingerprint density at radius 3 is 2.45 bits per heavy atom. The number of likely N-dealkylation sites (N-methyl/N-ethyl adjacent to an activating group) is 1. The second-order valence-electron chi connectivity index (χ2n) is 4.63. The first-order valence-electron chi connectivity index (χ1n) is 6.23. The van der Waals surface area contributed by atoms with E-state index in [4.69, 9.17) is 5.11 Å². The number of aliphatic carboxylic acids is 1. The predicted molar refractivity (Wildman–Crippen MR) is 75.9 cm³/mol. The fourth-order valence-electron chi connectivity index (χ4n) is 1.74. The fourth-order valence-corrected chi connectivity index (χ4v) is 2.72. The summed E-state index contributed by atoms with van der Waals surface area (Å²) >= 11 is 0. The maximum atomic E-state index is 12.0. The van der Waals surface area contributed by atoms with Gasteiger partial charge >= 0.3 is 5.97 Å². The third kappa shape index (κ3) is 4.29. The van der Waals surface area contributed by atoms with E-state index in [2.05, 4.69) is 0 Å². The van der Waals surface area contributed by atoms with Crippen molar-refractivity contribution in [3.05, 3.63) is 29.8 Å². The second-order valence-corrected chi connectivity index (χ2v) is 6.78. The van der Waals surface area contributed by atoms with Crippen LogP contribution in [0.2, 0.25) is 0 Å². The van der Waals surface area contributed by atoms with Gasteiger partial charge in [0.05, 0.1) is 11.4 Å². The standard InChI is InChI=1S/C13H20N2O4S/c1-4-15(10-13(16)17)9-11-6-5-7-12(8-11)20(18,19)14(2)3/h5-8H,4,9-10H2,1-3H3,(H,16,17). The average molecular weight is 300 g/mol. The van der Waals surface area contributed by atoms with Gasteiger partial charge in [0.1, 0.15) is 0 Å². The van der Waals surface area contributed by atoms with E-state index in [9.17, 15) is 13.2 Å². The largest absolute Gasteiger partial charge is 0.480 e. The number of carboxylic acids is 1. The third-order valence-electron chi connectivity index (χ3n) is 2.89. The smallest absolute Gasteiger partial charge is 0.317 e. The lowest BCUT2D eigenvalue weighted by molar-refractivity contribution is -0.138. The van der Waals surface area contributed by atoms with Crippen molar-refractivity contribution in [2.45, 2.75) is 18.4 Å². The molecule has 0 spiro atoms. The van der Waals surface area contributed by atoms with E-state index < -0.39 is 16.0 Å². The molecular weight excluding hydrogens is 280 g/mol. The molecule has 7 heteroatoms. The number of carboxylic acid groups (broad SMARTS) is 1. The fraction of sp³-hybridized carbons (Fsp3) is 0.462. The number of hydrogen-bond acceptors (Lipinski definition) is 4. The highest BCUT2D eigenvalue weighted by Crippen LogP contribution is 2.16. The van der Waals surface area contributed by atoms with Gasteiger partial charge in [0.2, 0.25) is 10.0 Å². The summed E-state index contributed by atoms with van der Waals surface area (Å²) in [5.41, 5.74) is 0.774. The molecule has 1 N–H and O–H groups in total. The summed E-state index contributed by atoms with van der Waals surface area (Å²) in [4.78, 5) is 12.7. The highest BCUT2D eigenvalue weighted by atomic mass is 32.2. The Labute approximate surface area is 119 Å². The minimum Gasteiger partial charge on any atom is -0.480 e. The number of nitrogens with zero attached hydrogens (tertiary/aromatic N) is 2. The van der Waals surface area contributed by atoms with Gasteiger partial charge in [-0.1, -0.05) is 19.1 Å². The van der Waals surface area contributed by atoms with Gasteiger partial charge in [-0.05, 0) is 24.2 Å². The monoisotopic (exact) mass is 300 g/mol. The van der Waals surface area contributed by atoms with Crippen molar-refractivity contribution in [1.82, 2.24) is 9.21 Å². The second kappa shape index (κ2) is 6.83. The van der Waals surface area contributed by atoms with E-state index in [0.717, 1.165) is 9.87 Å². The summed E-state index contributed by atoms with van der Waals surface area (Å²) < 4.78 is 25.2. The summed E-state index contributed by atoms with van der Waals surface area (Å²) in [7, 11) is -0.513. The van der Waals surface area contributed by atoms with Crippen LogP contribution in [0.5, 0.6) is 0 Å². The summed E-state index contributed by atoms with van der Waals surface area (Å²) in [5.74, 6) is -0.899. The Balaban J connectivity index is 2.96. The van der Waals surface area contributed by atoms with Crippen LogP contribution in [0.25, 0.3) is 0 Å². The van der Waals surface area contributed by atoms with E-state index in [-0.39, 0.29) is 11.4 Å². The maximum absolute atomic E-state index is 12.0. The normalized spacial score (nSPS) is 12.1. The van der Waals surface area contributed by atoms with Crippen LogP contribution in [-0.2, 0) is 21.4 Å². The van der Waals surface area contributed by atoms with Crippen molar-refractivity contribution in [3.63, 3.8) is 0 Å². The molecule has 0 unspecified atom stereocenters. The molecule has 20 heavy (non-hydrogen) atoms. The van der Waals surface area contributed by atoms with E-state index in [1.807, 2.05) is 6.92 Å². The highest BCUT2D eigenvalue weighted by Gasteiger charge is 2.17. The van der Waals surface area contributed by atoms with Crippen molar-refractivity contribution < 1.29 is 18.3 Å². The van der Waals surface area contributed by atoms with Crippen LogP contribution < -0.4 is 0 Å².